The molecule has 64 valence electrons. The fourth-order valence-corrected chi connectivity index (χ4v) is 2.38. The average Bonchev–Trinajstić information content (AvgIpc) is 1.93. The highest BCUT2D eigenvalue weighted by Crippen LogP contribution is 2.19. The lowest BCUT2D eigenvalue weighted by Gasteiger charge is -2.22. The van der Waals surface area contributed by atoms with Crippen LogP contribution in [0.4, 0.5) is 0 Å². The zero-order valence-electron chi connectivity index (χ0n) is 7.17. The van der Waals surface area contributed by atoms with E-state index in [9.17, 15) is 4.79 Å². The summed E-state index contributed by atoms with van der Waals surface area (Å²) < 4.78 is 0. The van der Waals surface area contributed by atoms with Gasteiger partial charge in [-0.15, -0.1) is 0 Å². The zero-order chi connectivity index (χ0) is 8.27. The molecular formula is C8H15NOS. The predicted molar refractivity (Wildman–Crippen MR) is 49.0 cm³/mol. The van der Waals surface area contributed by atoms with E-state index in [0.717, 1.165) is 24.5 Å². The number of rotatable bonds is 2. The smallest absolute Gasteiger partial charge is 0.138 e. The molecule has 0 N–H and O–H groups in total. The van der Waals surface area contributed by atoms with Gasteiger partial charge in [0.25, 0.3) is 0 Å². The lowest BCUT2D eigenvalue weighted by Crippen LogP contribution is -2.32. The average molecular weight is 173 g/mol. The van der Waals surface area contributed by atoms with Crippen molar-refractivity contribution in [2.24, 2.45) is 5.92 Å². The Bertz CT molecular complexity index is 147. The van der Waals surface area contributed by atoms with Crippen LogP contribution >= 0.6 is 11.8 Å². The lowest BCUT2D eigenvalue weighted by atomic mass is 10.0. The SMILES string of the molecule is CN(C)C[C@H]1CSCCC1=O. The topological polar surface area (TPSA) is 20.3 Å². The van der Waals surface area contributed by atoms with Crippen molar-refractivity contribution >= 4 is 17.5 Å². The minimum atomic E-state index is 0.295. The van der Waals surface area contributed by atoms with E-state index >= 15 is 0 Å². The van der Waals surface area contributed by atoms with Crippen LogP contribution in [0.2, 0.25) is 0 Å². The summed E-state index contributed by atoms with van der Waals surface area (Å²) in [6.45, 7) is 0.922. The van der Waals surface area contributed by atoms with Crippen molar-refractivity contribution in [2.75, 3.05) is 32.1 Å². The van der Waals surface area contributed by atoms with Crippen molar-refractivity contribution in [1.82, 2.24) is 4.90 Å². The summed E-state index contributed by atoms with van der Waals surface area (Å²) in [4.78, 5) is 13.4. The first kappa shape index (κ1) is 9.07. The van der Waals surface area contributed by atoms with Gasteiger partial charge in [0.2, 0.25) is 0 Å². The molecule has 0 unspecified atom stereocenters. The minimum Gasteiger partial charge on any atom is -0.309 e. The van der Waals surface area contributed by atoms with E-state index < -0.39 is 0 Å². The molecule has 0 aliphatic carbocycles. The molecule has 0 aromatic carbocycles. The van der Waals surface area contributed by atoms with Crippen LogP contribution in [0.1, 0.15) is 6.42 Å². The molecular weight excluding hydrogens is 158 g/mol. The van der Waals surface area contributed by atoms with Gasteiger partial charge in [-0.3, -0.25) is 4.79 Å². The van der Waals surface area contributed by atoms with Crippen LogP contribution in [0.3, 0.4) is 0 Å². The van der Waals surface area contributed by atoms with Gasteiger partial charge in [0.1, 0.15) is 5.78 Å². The number of thioether (sulfide) groups is 1. The third-order valence-electron chi connectivity index (χ3n) is 1.85. The van der Waals surface area contributed by atoms with Gasteiger partial charge in [-0.05, 0) is 14.1 Å². The first-order chi connectivity index (χ1) is 5.20. The fourth-order valence-electron chi connectivity index (χ4n) is 1.29. The second kappa shape index (κ2) is 4.12. The molecule has 0 spiro atoms. The molecule has 0 bridgehead atoms. The van der Waals surface area contributed by atoms with Gasteiger partial charge in [0, 0.05) is 30.4 Å². The summed E-state index contributed by atoms with van der Waals surface area (Å²) >= 11 is 1.90. The van der Waals surface area contributed by atoms with Crippen molar-refractivity contribution in [3.8, 4) is 0 Å². The van der Waals surface area contributed by atoms with Crippen LogP contribution in [0.15, 0.2) is 0 Å². The largest absolute Gasteiger partial charge is 0.309 e. The molecule has 0 aromatic rings. The second-order valence-electron chi connectivity index (χ2n) is 3.25. The first-order valence-electron chi connectivity index (χ1n) is 3.95. The molecule has 2 nitrogen and oxygen atoms in total. The van der Waals surface area contributed by atoms with Crippen LogP contribution in [-0.4, -0.2) is 42.8 Å². The van der Waals surface area contributed by atoms with Gasteiger partial charge in [-0.2, -0.15) is 11.8 Å². The Morgan fingerprint density at radius 3 is 2.91 bits per heavy atom. The number of nitrogens with zero attached hydrogens (tertiary/aromatic N) is 1. The number of hydrogen-bond acceptors (Lipinski definition) is 3. The summed E-state index contributed by atoms with van der Waals surface area (Å²) in [7, 11) is 4.04. The Hall–Kier alpha value is -0.0200. The second-order valence-corrected chi connectivity index (χ2v) is 4.40. The van der Waals surface area contributed by atoms with Crippen LogP contribution in [0.5, 0.6) is 0 Å². The van der Waals surface area contributed by atoms with E-state index in [2.05, 4.69) is 4.90 Å². The van der Waals surface area contributed by atoms with E-state index in [1.807, 2.05) is 25.9 Å². The molecule has 11 heavy (non-hydrogen) atoms. The number of Topliss-reactive ketones (excluding diaryl/α,β-unsaturated/α-hetero) is 1. The van der Waals surface area contributed by atoms with E-state index in [1.54, 1.807) is 0 Å². The molecule has 3 heteroatoms. The van der Waals surface area contributed by atoms with Gasteiger partial charge in [0.05, 0.1) is 0 Å². The Morgan fingerprint density at radius 1 is 1.64 bits per heavy atom. The third kappa shape index (κ3) is 2.83. The molecule has 1 heterocycles. The van der Waals surface area contributed by atoms with Crippen LogP contribution in [-0.2, 0) is 4.79 Å². The van der Waals surface area contributed by atoms with Crippen molar-refractivity contribution < 1.29 is 4.79 Å². The van der Waals surface area contributed by atoms with E-state index in [0.29, 0.717) is 11.7 Å². The third-order valence-corrected chi connectivity index (χ3v) is 2.98. The first-order valence-corrected chi connectivity index (χ1v) is 5.11. The zero-order valence-corrected chi connectivity index (χ0v) is 7.99. The van der Waals surface area contributed by atoms with E-state index in [1.165, 1.54) is 0 Å². The molecule has 1 fully saturated rings. The summed E-state index contributed by atoms with van der Waals surface area (Å²) in [6.07, 6.45) is 0.781. The normalized spacial score (nSPS) is 26.1. The number of ketones is 1. The Morgan fingerprint density at radius 2 is 2.36 bits per heavy atom. The Labute approximate surface area is 72.3 Å². The van der Waals surface area contributed by atoms with Crippen LogP contribution < -0.4 is 0 Å². The van der Waals surface area contributed by atoms with Gasteiger partial charge in [-0.25, -0.2) is 0 Å². The van der Waals surface area contributed by atoms with Gasteiger partial charge in [0.15, 0.2) is 0 Å². The van der Waals surface area contributed by atoms with Crippen molar-refractivity contribution in [2.45, 2.75) is 6.42 Å². The lowest BCUT2D eigenvalue weighted by molar-refractivity contribution is -0.122. The molecule has 1 aliphatic heterocycles. The summed E-state index contributed by atoms with van der Waals surface area (Å²) in [5.74, 6) is 2.81. The maximum absolute atomic E-state index is 11.3. The fraction of sp³-hybridized carbons (Fsp3) is 0.875. The number of hydrogen-bond donors (Lipinski definition) is 0. The molecule has 0 aromatic heterocycles. The van der Waals surface area contributed by atoms with E-state index in [4.69, 9.17) is 0 Å². The molecule has 1 atom stereocenters. The highest BCUT2D eigenvalue weighted by atomic mass is 32.2. The molecule has 0 amide bonds. The predicted octanol–water partition coefficient (Wildman–Crippen LogP) is 0.870. The molecule has 1 rings (SSSR count). The van der Waals surface area contributed by atoms with Crippen LogP contribution in [0, 0.1) is 5.92 Å². The van der Waals surface area contributed by atoms with Gasteiger partial charge >= 0.3 is 0 Å². The van der Waals surface area contributed by atoms with Gasteiger partial charge < -0.3 is 4.90 Å². The highest BCUT2D eigenvalue weighted by Gasteiger charge is 2.22. The van der Waals surface area contributed by atoms with Gasteiger partial charge in [-0.1, -0.05) is 0 Å². The number of carbonyl (C=O) groups is 1. The molecule has 1 aliphatic rings. The molecule has 0 saturated carbocycles. The van der Waals surface area contributed by atoms with Crippen molar-refractivity contribution in [3.05, 3.63) is 0 Å². The highest BCUT2D eigenvalue weighted by molar-refractivity contribution is 7.99. The summed E-state index contributed by atoms with van der Waals surface area (Å²) in [5, 5.41) is 0. The molecule has 0 radical (unpaired) electrons. The van der Waals surface area contributed by atoms with Crippen molar-refractivity contribution in [3.63, 3.8) is 0 Å². The van der Waals surface area contributed by atoms with Crippen molar-refractivity contribution in [1.29, 1.82) is 0 Å². The monoisotopic (exact) mass is 173 g/mol. The number of carbonyl (C=O) groups excluding carboxylic acids is 1. The maximum atomic E-state index is 11.3. The quantitative estimate of drug-likeness (QED) is 0.618. The summed E-state index contributed by atoms with van der Waals surface area (Å²) in [5.41, 5.74) is 0. The summed E-state index contributed by atoms with van der Waals surface area (Å²) in [6, 6.07) is 0. The van der Waals surface area contributed by atoms with Crippen LogP contribution in [0.25, 0.3) is 0 Å². The van der Waals surface area contributed by atoms with E-state index in [-0.39, 0.29) is 0 Å². The Kier molecular flexibility index (Phi) is 3.40. The maximum Gasteiger partial charge on any atom is 0.138 e. The minimum absolute atomic E-state index is 0.295. The Balaban J connectivity index is 2.36. The standard InChI is InChI=1S/C8H15NOS/c1-9(2)5-7-6-11-4-3-8(7)10/h7H,3-6H2,1-2H3/t7-/m0/s1. The molecule has 1 saturated heterocycles.